The predicted molar refractivity (Wildman–Crippen MR) is 104 cm³/mol. The molecular weight excluding hydrogens is 330 g/mol. The van der Waals surface area contributed by atoms with Crippen LogP contribution in [0.2, 0.25) is 0 Å². The van der Waals surface area contributed by atoms with Crippen LogP contribution < -0.4 is 15.5 Å². The lowest BCUT2D eigenvalue weighted by Gasteiger charge is -2.43. The van der Waals surface area contributed by atoms with Crippen molar-refractivity contribution in [2.24, 2.45) is 0 Å². The third kappa shape index (κ3) is 4.65. The van der Waals surface area contributed by atoms with Crippen LogP contribution >= 0.6 is 0 Å². The molecule has 2 saturated heterocycles. The molecule has 0 radical (unpaired) electrons. The van der Waals surface area contributed by atoms with Gasteiger partial charge in [-0.1, -0.05) is 6.92 Å². The van der Waals surface area contributed by atoms with E-state index in [0.29, 0.717) is 6.54 Å². The number of morpholine rings is 1. The van der Waals surface area contributed by atoms with E-state index in [1.54, 1.807) is 6.20 Å². The maximum atomic E-state index is 12.3. The number of nitrogens with zero attached hydrogens (tertiary/aromatic N) is 3. The lowest BCUT2D eigenvalue weighted by atomic mass is 9.95. The number of amides is 2. The van der Waals surface area contributed by atoms with Crippen molar-refractivity contribution in [3.63, 3.8) is 0 Å². The highest BCUT2D eigenvalue weighted by atomic mass is 16.5. The number of anilines is 2. The van der Waals surface area contributed by atoms with Gasteiger partial charge >= 0.3 is 6.03 Å². The van der Waals surface area contributed by atoms with Crippen molar-refractivity contribution >= 4 is 17.5 Å². The molecule has 26 heavy (non-hydrogen) atoms. The Bertz CT molecular complexity index is 582. The number of rotatable bonds is 6. The van der Waals surface area contributed by atoms with Crippen LogP contribution in [-0.2, 0) is 4.74 Å². The molecule has 1 aromatic heterocycles. The van der Waals surface area contributed by atoms with E-state index in [0.717, 1.165) is 57.3 Å². The molecule has 1 atom stereocenters. The second-order valence-corrected chi connectivity index (χ2v) is 7.36. The number of ether oxygens (including phenoxy) is 1. The first-order valence-corrected chi connectivity index (χ1v) is 9.69. The van der Waals surface area contributed by atoms with Gasteiger partial charge in [-0.25, -0.2) is 9.78 Å². The third-order valence-electron chi connectivity index (χ3n) is 5.60. The minimum Gasteiger partial charge on any atom is -0.379 e. The number of nitrogens with one attached hydrogen (secondary N) is 2. The van der Waals surface area contributed by atoms with Crippen molar-refractivity contribution in [2.75, 3.05) is 56.2 Å². The third-order valence-corrected chi connectivity index (χ3v) is 5.60. The van der Waals surface area contributed by atoms with Crippen LogP contribution in [0.3, 0.4) is 0 Å². The molecule has 144 valence electrons. The summed E-state index contributed by atoms with van der Waals surface area (Å²) in [4.78, 5) is 21.5. The molecule has 3 heterocycles. The summed E-state index contributed by atoms with van der Waals surface area (Å²) in [5.41, 5.74) is 0.661. The smallest absolute Gasteiger partial charge is 0.319 e. The monoisotopic (exact) mass is 361 g/mol. The van der Waals surface area contributed by atoms with Crippen LogP contribution in [0.15, 0.2) is 18.3 Å². The van der Waals surface area contributed by atoms with Gasteiger partial charge in [-0.05, 0) is 38.3 Å². The van der Waals surface area contributed by atoms with Crippen LogP contribution in [0.1, 0.15) is 33.1 Å². The van der Waals surface area contributed by atoms with Crippen molar-refractivity contribution in [3.05, 3.63) is 18.3 Å². The Morgan fingerprint density at radius 2 is 1.96 bits per heavy atom. The first-order chi connectivity index (χ1) is 12.6. The summed E-state index contributed by atoms with van der Waals surface area (Å²) in [7, 11) is 0. The van der Waals surface area contributed by atoms with E-state index in [2.05, 4.69) is 39.3 Å². The molecule has 7 nitrogen and oxygen atoms in total. The highest BCUT2D eigenvalue weighted by Crippen LogP contribution is 2.21. The molecule has 1 aromatic rings. The summed E-state index contributed by atoms with van der Waals surface area (Å²) in [5.74, 6) is 0.985. The Balaban J connectivity index is 1.49. The molecule has 2 N–H and O–H groups in total. The Morgan fingerprint density at radius 3 is 2.58 bits per heavy atom. The summed E-state index contributed by atoms with van der Waals surface area (Å²) < 4.78 is 5.44. The van der Waals surface area contributed by atoms with Gasteiger partial charge in [-0.2, -0.15) is 0 Å². The zero-order valence-corrected chi connectivity index (χ0v) is 16.0. The molecule has 0 spiro atoms. The molecule has 2 aliphatic rings. The number of urea groups is 1. The minimum absolute atomic E-state index is 0.0566. The van der Waals surface area contributed by atoms with Gasteiger partial charge in [0.05, 0.1) is 25.1 Å². The summed E-state index contributed by atoms with van der Waals surface area (Å²) >= 11 is 0. The first-order valence-electron chi connectivity index (χ1n) is 9.69. The molecule has 0 bridgehead atoms. The molecule has 2 fully saturated rings. The molecule has 3 rings (SSSR count). The highest BCUT2D eigenvalue weighted by Gasteiger charge is 2.31. The number of hydrogen-bond donors (Lipinski definition) is 2. The Labute approximate surface area is 156 Å². The van der Waals surface area contributed by atoms with E-state index >= 15 is 0 Å². The van der Waals surface area contributed by atoms with Gasteiger partial charge < -0.3 is 20.3 Å². The minimum atomic E-state index is -0.186. The van der Waals surface area contributed by atoms with Gasteiger partial charge in [-0.3, -0.25) is 4.90 Å². The molecule has 2 amide bonds. The quantitative estimate of drug-likeness (QED) is 0.814. The van der Waals surface area contributed by atoms with E-state index < -0.39 is 0 Å². The van der Waals surface area contributed by atoms with Crippen LogP contribution in [0.25, 0.3) is 0 Å². The Morgan fingerprint density at radius 1 is 1.23 bits per heavy atom. The lowest BCUT2D eigenvalue weighted by molar-refractivity contribution is -0.0163. The Kier molecular flexibility index (Phi) is 6.32. The van der Waals surface area contributed by atoms with Gasteiger partial charge in [0.25, 0.3) is 0 Å². The van der Waals surface area contributed by atoms with Crippen molar-refractivity contribution in [2.45, 2.75) is 38.6 Å². The van der Waals surface area contributed by atoms with E-state index in [-0.39, 0.29) is 11.6 Å². The van der Waals surface area contributed by atoms with Crippen LogP contribution in [0, 0.1) is 0 Å². The van der Waals surface area contributed by atoms with Crippen molar-refractivity contribution < 1.29 is 9.53 Å². The summed E-state index contributed by atoms with van der Waals surface area (Å²) in [5, 5.41) is 5.90. The summed E-state index contributed by atoms with van der Waals surface area (Å²) in [6.07, 6.45) is 5.15. The van der Waals surface area contributed by atoms with Crippen LogP contribution in [0.4, 0.5) is 16.3 Å². The van der Waals surface area contributed by atoms with E-state index in [1.165, 1.54) is 12.8 Å². The molecule has 0 saturated carbocycles. The predicted octanol–water partition coefficient (Wildman–Crippen LogP) is 2.30. The molecular formula is C19H31N5O2. The van der Waals surface area contributed by atoms with Gasteiger partial charge in [0.15, 0.2) is 0 Å². The molecule has 0 unspecified atom stereocenters. The van der Waals surface area contributed by atoms with E-state index in [9.17, 15) is 4.79 Å². The molecule has 0 aromatic carbocycles. The van der Waals surface area contributed by atoms with Crippen molar-refractivity contribution in [3.8, 4) is 0 Å². The number of carbonyl (C=O) groups is 1. The maximum Gasteiger partial charge on any atom is 0.319 e. The van der Waals surface area contributed by atoms with Crippen LogP contribution in [0.5, 0.6) is 0 Å². The number of hydrogen-bond acceptors (Lipinski definition) is 5. The maximum absolute atomic E-state index is 12.3. The van der Waals surface area contributed by atoms with Crippen molar-refractivity contribution in [1.82, 2.24) is 15.2 Å². The fraction of sp³-hybridized carbons (Fsp3) is 0.684. The lowest BCUT2D eigenvalue weighted by Crippen LogP contribution is -2.57. The highest BCUT2D eigenvalue weighted by molar-refractivity contribution is 5.89. The number of pyridine rings is 1. The van der Waals surface area contributed by atoms with Gasteiger partial charge in [0.2, 0.25) is 0 Å². The molecule has 0 aliphatic carbocycles. The van der Waals surface area contributed by atoms with Crippen LogP contribution in [-0.4, -0.2) is 67.4 Å². The van der Waals surface area contributed by atoms with Gasteiger partial charge in [0, 0.05) is 38.3 Å². The van der Waals surface area contributed by atoms with E-state index in [4.69, 9.17) is 4.74 Å². The molecule has 7 heteroatoms. The standard InChI is InChI=1S/C19H31N5O2/c1-3-19(2,24-10-12-26-13-11-24)15-21-18(25)22-16-6-7-17(20-14-16)23-8-4-5-9-23/h6-7,14H,3-5,8-13,15H2,1-2H3,(H2,21,22,25)/t19-/m1/s1. The second kappa shape index (κ2) is 8.68. The average molecular weight is 361 g/mol. The zero-order chi connectivity index (χ0) is 18.4. The SMILES string of the molecule is CC[C@](C)(CNC(=O)Nc1ccc(N2CCCC2)nc1)N1CCOCC1. The summed E-state index contributed by atoms with van der Waals surface area (Å²) in [6, 6.07) is 3.71. The second-order valence-electron chi connectivity index (χ2n) is 7.36. The largest absolute Gasteiger partial charge is 0.379 e. The zero-order valence-electron chi connectivity index (χ0n) is 16.0. The van der Waals surface area contributed by atoms with Gasteiger partial charge in [0.1, 0.15) is 5.82 Å². The fourth-order valence-corrected chi connectivity index (χ4v) is 3.60. The topological polar surface area (TPSA) is 69.7 Å². The van der Waals surface area contributed by atoms with Crippen molar-refractivity contribution in [1.29, 1.82) is 0 Å². The van der Waals surface area contributed by atoms with E-state index in [1.807, 2.05) is 12.1 Å². The molecule has 2 aliphatic heterocycles. The first kappa shape index (κ1) is 18.9. The number of carbonyl (C=O) groups excluding carboxylic acids is 1. The average Bonchev–Trinajstić information content (AvgIpc) is 3.22. The fourth-order valence-electron chi connectivity index (χ4n) is 3.60. The Hall–Kier alpha value is -1.86. The van der Waals surface area contributed by atoms with Gasteiger partial charge in [-0.15, -0.1) is 0 Å². The number of aromatic nitrogens is 1. The normalized spacial score (nSPS) is 20.6. The summed E-state index contributed by atoms with van der Waals surface area (Å²) in [6.45, 7) is 10.4.